The maximum absolute atomic E-state index is 12.0. The molecule has 0 aliphatic rings. The van der Waals surface area contributed by atoms with Crippen molar-refractivity contribution in [2.24, 2.45) is 16.7 Å². The molecule has 0 fully saturated rings. The summed E-state index contributed by atoms with van der Waals surface area (Å²) in [5, 5.41) is 0. The molecule has 0 bridgehead atoms. The Kier molecular flexibility index (Phi) is 1.99. The van der Waals surface area contributed by atoms with Gasteiger partial charge in [0.25, 0.3) is 0 Å². The van der Waals surface area contributed by atoms with Crippen LogP contribution in [0.2, 0.25) is 0 Å². The third kappa shape index (κ3) is 4.99. The summed E-state index contributed by atoms with van der Waals surface area (Å²) in [5.74, 6) is -2.01. The van der Waals surface area contributed by atoms with Crippen LogP contribution < -0.4 is 0 Å². The number of sulfone groups is 1. The zero-order valence-corrected chi connectivity index (χ0v) is 10.6. The first-order valence-corrected chi connectivity index (χ1v) is 6.07. The monoisotopic (exact) mass is 225 g/mol. The maximum atomic E-state index is 12.0. The molecular formula is C11H24O2S. The van der Waals surface area contributed by atoms with Crippen molar-refractivity contribution in [1.82, 2.24) is 0 Å². The lowest BCUT2D eigenvalue weighted by molar-refractivity contribution is 0.123. The number of hydrogen-bond acceptors (Lipinski definition) is 2. The molecule has 0 radical (unpaired) electrons. The summed E-state index contributed by atoms with van der Waals surface area (Å²) < 4.78 is 62.7. The minimum Gasteiger partial charge on any atom is -0.229 e. The van der Waals surface area contributed by atoms with Crippen molar-refractivity contribution in [3.63, 3.8) is 0 Å². The van der Waals surface area contributed by atoms with E-state index in [0.717, 1.165) is 0 Å². The van der Waals surface area contributed by atoms with Crippen LogP contribution in [0.15, 0.2) is 0 Å². The highest BCUT2D eigenvalue weighted by atomic mass is 32.2. The fourth-order valence-electron chi connectivity index (χ4n) is 1.57. The van der Waals surface area contributed by atoms with Gasteiger partial charge in [0.1, 0.15) is 9.84 Å². The SMILES string of the molecule is [2H]C([2H])S(=O)(=O)C([2H])([2H])C([2H])(C(C)(C)C)C(C)(C)C. The van der Waals surface area contributed by atoms with E-state index in [1.165, 1.54) is 0 Å². The van der Waals surface area contributed by atoms with Crippen LogP contribution in [0.5, 0.6) is 0 Å². The predicted molar refractivity (Wildman–Crippen MR) is 62.1 cm³/mol. The second-order valence-corrected chi connectivity index (χ2v) is 6.82. The van der Waals surface area contributed by atoms with Gasteiger partial charge in [0.2, 0.25) is 0 Å². The van der Waals surface area contributed by atoms with Crippen molar-refractivity contribution in [1.29, 1.82) is 0 Å². The zero-order valence-electron chi connectivity index (χ0n) is 14.8. The summed E-state index contributed by atoms with van der Waals surface area (Å²) in [6.45, 7) is 9.59. The van der Waals surface area contributed by atoms with Crippen LogP contribution in [0.1, 0.15) is 48.4 Å². The van der Waals surface area contributed by atoms with Crippen LogP contribution in [0.25, 0.3) is 0 Å². The molecule has 0 aliphatic heterocycles. The third-order valence-electron chi connectivity index (χ3n) is 1.74. The number of rotatable bonds is 2. The largest absolute Gasteiger partial charge is 0.229 e. The van der Waals surface area contributed by atoms with E-state index in [-0.39, 0.29) is 0 Å². The Hall–Kier alpha value is -0.0500. The molecule has 0 aromatic carbocycles. The average Bonchev–Trinajstić information content (AvgIpc) is 2.11. The fourth-order valence-corrected chi connectivity index (χ4v) is 2.47. The van der Waals surface area contributed by atoms with Crippen LogP contribution in [-0.4, -0.2) is 20.3 Å². The summed E-state index contributed by atoms with van der Waals surface area (Å²) in [7, 11) is -4.72. The highest BCUT2D eigenvalue weighted by molar-refractivity contribution is 7.90. The van der Waals surface area contributed by atoms with Crippen molar-refractivity contribution >= 4 is 9.84 Å². The highest BCUT2D eigenvalue weighted by Crippen LogP contribution is 2.40. The Morgan fingerprint density at radius 3 is 1.79 bits per heavy atom. The highest BCUT2D eigenvalue weighted by Gasteiger charge is 2.36. The van der Waals surface area contributed by atoms with E-state index < -0.39 is 38.5 Å². The van der Waals surface area contributed by atoms with Crippen molar-refractivity contribution in [3.05, 3.63) is 0 Å². The number of hydrogen-bond donors (Lipinski definition) is 0. The first-order valence-electron chi connectivity index (χ1n) is 7.18. The molecule has 0 heterocycles. The quantitative estimate of drug-likeness (QED) is 0.724. The lowest BCUT2D eigenvalue weighted by Gasteiger charge is -2.40. The molecule has 0 aromatic heterocycles. The Morgan fingerprint density at radius 1 is 1.21 bits per heavy atom. The van der Waals surface area contributed by atoms with Gasteiger partial charge in [-0.05, 0) is 16.7 Å². The molecule has 14 heavy (non-hydrogen) atoms. The van der Waals surface area contributed by atoms with E-state index in [4.69, 9.17) is 6.85 Å². The third-order valence-corrected chi connectivity index (χ3v) is 2.23. The van der Waals surface area contributed by atoms with Gasteiger partial charge in [-0.1, -0.05) is 41.5 Å². The van der Waals surface area contributed by atoms with Crippen molar-refractivity contribution in [2.45, 2.75) is 41.5 Å². The summed E-state index contributed by atoms with van der Waals surface area (Å²) in [6.07, 6.45) is -2.35. The van der Waals surface area contributed by atoms with Gasteiger partial charge in [0.15, 0.2) is 0 Å². The molecule has 0 aromatic rings. The molecule has 0 saturated carbocycles. The van der Waals surface area contributed by atoms with E-state index in [2.05, 4.69) is 0 Å². The van der Waals surface area contributed by atoms with Gasteiger partial charge in [-0.15, -0.1) is 0 Å². The van der Waals surface area contributed by atoms with Crippen molar-refractivity contribution in [2.75, 3.05) is 11.9 Å². The van der Waals surface area contributed by atoms with Crippen LogP contribution in [0.4, 0.5) is 0 Å². The molecule has 0 aliphatic carbocycles. The Morgan fingerprint density at radius 2 is 1.57 bits per heavy atom. The molecule has 86 valence electrons. The Balaban J connectivity index is 6.39. The van der Waals surface area contributed by atoms with Gasteiger partial charge in [0, 0.05) is 13.1 Å². The molecule has 0 spiro atoms. The summed E-state index contributed by atoms with van der Waals surface area (Å²) in [4.78, 5) is 0. The second kappa shape index (κ2) is 3.84. The predicted octanol–water partition coefficient (Wildman–Crippen LogP) is 2.74. The average molecular weight is 225 g/mol. The van der Waals surface area contributed by atoms with E-state index in [1.807, 2.05) is 0 Å². The van der Waals surface area contributed by atoms with Gasteiger partial charge < -0.3 is 0 Å². The summed E-state index contributed by atoms with van der Waals surface area (Å²) >= 11 is 0. The van der Waals surface area contributed by atoms with Gasteiger partial charge in [-0.3, -0.25) is 0 Å². The van der Waals surface area contributed by atoms with E-state index in [1.54, 1.807) is 41.5 Å². The first kappa shape index (κ1) is 7.26. The van der Waals surface area contributed by atoms with Crippen LogP contribution in [-0.2, 0) is 9.84 Å². The zero-order chi connectivity index (χ0) is 16.1. The molecule has 0 amide bonds. The van der Waals surface area contributed by atoms with Crippen molar-refractivity contribution < 1.29 is 15.3 Å². The minimum atomic E-state index is -4.72. The summed E-state index contributed by atoms with van der Waals surface area (Å²) in [6, 6.07) is 0. The molecule has 0 saturated heterocycles. The van der Waals surface area contributed by atoms with Gasteiger partial charge in [-0.25, -0.2) is 8.42 Å². The van der Waals surface area contributed by atoms with Crippen LogP contribution in [0, 0.1) is 16.7 Å². The molecule has 2 nitrogen and oxygen atoms in total. The standard InChI is InChI=1S/C11H24O2S/c1-10(2,3)9(11(4,5)6)8-14(7,12)13/h9H,8H2,1-7H3/i7D2,8D2,9D. The maximum Gasteiger partial charge on any atom is 0.147 e. The Labute approximate surface area is 96.0 Å². The van der Waals surface area contributed by atoms with Crippen molar-refractivity contribution in [3.8, 4) is 0 Å². The van der Waals surface area contributed by atoms with Gasteiger partial charge >= 0.3 is 0 Å². The normalized spacial score (nSPS) is 22.1. The molecule has 3 heteroatoms. The topological polar surface area (TPSA) is 34.1 Å². The molecule has 0 atom stereocenters. The van der Waals surface area contributed by atoms with Gasteiger partial charge in [-0.2, -0.15) is 0 Å². The second-order valence-electron chi connectivity index (χ2n) is 5.52. The smallest absolute Gasteiger partial charge is 0.147 e. The summed E-state index contributed by atoms with van der Waals surface area (Å²) in [5.41, 5.74) is -4.97. The molecule has 0 rings (SSSR count). The molecule has 0 N–H and O–H groups in total. The fraction of sp³-hybridized carbons (Fsp3) is 1.00. The molecular weight excluding hydrogens is 196 g/mol. The van der Waals surface area contributed by atoms with Crippen LogP contribution in [0.3, 0.4) is 0 Å². The Bertz CT molecular complexity index is 415. The van der Waals surface area contributed by atoms with Gasteiger partial charge in [0.05, 0.1) is 5.70 Å². The van der Waals surface area contributed by atoms with E-state index in [0.29, 0.717) is 0 Å². The first-order chi connectivity index (χ1) is 7.94. The van der Waals surface area contributed by atoms with E-state index >= 15 is 0 Å². The van der Waals surface area contributed by atoms with E-state index in [9.17, 15) is 8.42 Å². The van der Waals surface area contributed by atoms with Crippen LogP contribution >= 0.6 is 0 Å². The molecule has 0 unspecified atom stereocenters. The lowest BCUT2D eigenvalue weighted by Crippen LogP contribution is -2.37. The minimum absolute atomic E-state index is 0.989. The lowest BCUT2D eigenvalue weighted by atomic mass is 9.68.